The number of hydrogen-bond acceptors (Lipinski definition) is 3. The zero-order chi connectivity index (χ0) is 9.97. The van der Waals surface area contributed by atoms with Crippen molar-refractivity contribution in [3.63, 3.8) is 0 Å². The number of amides is 1. The van der Waals surface area contributed by atoms with Crippen LogP contribution in [0.25, 0.3) is 0 Å². The van der Waals surface area contributed by atoms with E-state index in [0.717, 1.165) is 13.1 Å². The molecule has 4 heteroatoms. The van der Waals surface area contributed by atoms with Crippen molar-refractivity contribution in [3.8, 4) is 0 Å². The van der Waals surface area contributed by atoms with Gasteiger partial charge in [0.25, 0.3) is 0 Å². The van der Waals surface area contributed by atoms with Crippen LogP contribution in [-0.2, 0) is 4.79 Å². The van der Waals surface area contributed by atoms with E-state index < -0.39 is 0 Å². The molecule has 76 valence electrons. The van der Waals surface area contributed by atoms with Crippen molar-refractivity contribution < 1.29 is 4.79 Å². The minimum atomic E-state index is -0.0972. The number of carbonyl (C=O) groups is 1. The van der Waals surface area contributed by atoms with E-state index in [0.29, 0.717) is 0 Å². The second kappa shape index (κ2) is 3.92. The van der Waals surface area contributed by atoms with Gasteiger partial charge in [-0.05, 0) is 18.9 Å². The minimum absolute atomic E-state index is 0.0509. The molecule has 1 unspecified atom stereocenters. The first-order valence-corrected chi connectivity index (χ1v) is 5.02. The Hall–Kier alpha value is -1.16. The smallest absolute Gasteiger partial charge is 0.226 e. The van der Waals surface area contributed by atoms with E-state index in [-0.39, 0.29) is 12.2 Å². The summed E-state index contributed by atoms with van der Waals surface area (Å²) < 4.78 is 0. The molecule has 0 N–H and O–H groups in total. The summed E-state index contributed by atoms with van der Waals surface area (Å²) in [6.07, 6.45) is 7.69. The summed E-state index contributed by atoms with van der Waals surface area (Å²) in [4.78, 5) is 19.6. The van der Waals surface area contributed by atoms with Gasteiger partial charge in [-0.15, -0.1) is 0 Å². The lowest BCUT2D eigenvalue weighted by molar-refractivity contribution is -0.131. The van der Waals surface area contributed by atoms with Crippen molar-refractivity contribution >= 4 is 12.1 Å². The van der Waals surface area contributed by atoms with Gasteiger partial charge < -0.3 is 0 Å². The molecule has 14 heavy (non-hydrogen) atoms. The van der Waals surface area contributed by atoms with E-state index >= 15 is 0 Å². The second-order valence-corrected chi connectivity index (χ2v) is 3.66. The van der Waals surface area contributed by atoms with E-state index in [1.165, 1.54) is 12.8 Å². The molecule has 0 aromatic carbocycles. The predicted molar refractivity (Wildman–Crippen MR) is 54.7 cm³/mol. The number of rotatable bonds is 1. The highest BCUT2D eigenvalue weighted by Crippen LogP contribution is 2.17. The Bertz CT molecular complexity index is 279. The third-order valence-electron chi connectivity index (χ3n) is 2.63. The highest BCUT2D eigenvalue weighted by Gasteiger charge is 2.27. The normalized spacial score (nSPS) is 27.2. The molecule has 0 aromatic rings. The number of likely N-dealkylation sites (tertiary alicyclic amines) is 1. The third-order valence-corrected chi connectivity index (χ3v) is 2.63. The van der Waals surface area contributed by atoms with Crippen LogP contribution in [-0.4, -0.2) is 41.3 Å². The molecule has 0 radical (unpaired) electrons. The summed E-state index contributed by atoms with van der Waals surface area (Å²) in [7, 11) is 0. The Morgan fingerprint density at radius 2 is 2.14 bits per heavy atom. The molecule has 0 saturated carbocycles. The van der Waals surface area contributed by atoms with E-state index in [4.69, 9.17) is 0 Å². The Morgan fingerprint density at radius 1 is 1.43 bits per heavy atom. The zero-order valence-corrected chi connectivity index (χ0v) is 8.39. The summed E-state index contributed by atoms with van der Waals surface area (Å²) in [5, 5.41) is 0. The van der Waals surface area contributed by atoms with Gasteiger partial charge in [0.2, 0.25) is 5.91 Å². The van der Waals surface area contributed by atoms with Crippen molar-refractivity contribution in [2.45, 2.75) is 26.1 Å². The summed E-state index contributed by atoms with van der Waals surface area (Å²) in [6, 6.07) is 0. The van der Waals surface area contributed by atoms with Gasteiger partial charge in [0.1, 0.15) is 0 Å². The molecule has 2 rings (SSSR count). The number of nitrogens with zero attached hydrogens (tertiary/aromatic N) is 3. The van der Waals surface area contributed by atoms with Gasteiger partial charge >= 0.3 is 0 Å². The van der Waals surface area contributed by atoms with Crippen LogP contribution in [0.2, 0.25) is 0 Å². The lowest BCUT2D eigenvalue weighted by Gasteiger charge is -2.33. The maximum absolute atomic E-state index is 11.3. The summed E-state index contributed by atoms with van der Waals surface area (Å²) >= 11 is 0. The fourth-order valence-electron chi connectivity index (χ4n) is 1.92. The van der Waals surface area contributed by atoms with Gasteiger partial charge in [-0.25, -0.2) is 0 Å². The average molecular weight is 193 g/mol. The molecule has 0 aromatic heterocycles. The maximum atomic E-state index is 11.3. The molecule has 4 nitrogen and oxygen atoms in total. The molecule has 2 aliphatic rings. The first-order chi connectivity index (χ1) is 6.79. The highest BCUT2D eigenvalue weighted by atomic mass is 16.2. The van der Waals surface area contributed by atoms with Crippen LogP contribution in [0.3, 0.4) is 0 Å². The number of aliphatic imine (C=N–C) groups is 1. The molecule has 0 aliphatic carbocycles. The van der Waals surface area contributed by atoms with E-state index in [1.54, 1.807) is 30.3 Å². The summed E-state index contributed by atoms with van der Waals surface area (Å²) in [6.45, 7) is 3.66. The molecular weight excluding hydrogens is 178 g/mol. The first-order valence-electron chi connectivity index (χ1n) is 5.02. The van der Waals surface area contributed by atoms with Crippen LogP contribution >= 0.6 is 0 Å². The summed E-state index contributed by atoms with van der Waals surface area (Å²) in [5.41, 5.74) is 0. The first kappa shape index (κ1) is 9.40. The summed E-state index contributed by atoms with van der Waals surface area (Å²) in [5.74, 6) is 0.0509. The maximum Gasteiger partial charge on any atom is 0.226 e. The van der Waals surface area contributed by atoms with Crippen LogP contribution in [0.1, 0.15) is 19.8 Å². The molecule has 1 fully saturated rings. The second-order valence-electron chi connectivity index (χ2n) is 3.66. The lowest BCUT2D eigenvalue weighted by atomic mass is 10.4. The fourth-order valence-corrected chi connectivity index (χ4v) is 1.92. The fraction of sp³-hybridized carbons (Fsp3) is 0.600. The van der Waals surface area contributed by atoms with E-state index in [1.807, 2.05) is 0 Å². The zero-order valence-electron chi connectivity index (χ0n) is 8.39. The molecular formula is C10H15N3O. The lowest BCUT2D eigenvalue weighted by Crippen LogP contribution is -2.46. The topological polar surface area (TPSA) is 35.9 Å². The van der Waals surface area contributed by atoms with Crippen LogP contribution in [0.5, 0.6) is 0 Å². The van der Waals surface area contributed by atoms with Gasteiger partial charge in [-0.3, -0.25) is 19.6 Å². The standard InChI is InChI=1S/C10H15N3O/c1-9(14)13-8-4-5-11-10(13)12-6-2-3-7-12/h4-5,8,10H,2-3,6-7H2,1H3. The molecule has 2 aliphatic heterocycles. The van der Waals surface area contributed by atoms with Crippen molar-refractivity contribution in [1.82, 2.24) is 9.80 Å². The van der Waals surface area contributed by atoms with Crippen molar-refractivity contribution in [1.29, 1.82) is 0 Å². The van der Waals surface area contributed by atoms with Crippen LogP contribution in [0.15, 0.2) is 17.3 Å². The van der Waals surface area contributed by atoms with Gasteiger partial charge in [0.05, 0.1) is 0 Å². The molecule has 0 bridgehead atoms. The predicted octanol–water partition coefficient (Wildman–Crippen LogP) is 0.812. The van der Waals surface area contributed by atoms with Gasteiger partial charge in [-0.2, -0.15) is 0 Å². The Morgan fingerprint density at radius 3 is 2.79 bits per heavy atom. The van der Waals surface area contributed by atoms with Crippen LogP contribution < -0.4 is 0 Å². The van der Waals surface area contributed by atoms with Gasteiger partial charge in [0, 0.05) is 32.4 Å². The number of carbonyl (C=O) groups excluding carboxylic acids is 1. The molecule has 1 atom stereocenters. The van der Waals surface area contributed by atoms with Crippen molar-refractivity contribution in [3.05, 3.63) is 12.3 Å². The Kier molecular flexibility index (Phi) is 2.63. The largest absolute Gasteiger partial charge is 0.283 e. The quantitative estimate of drug-likeness (QED) is 0.618. The van der Waals surface area contributed by atoms with E-state index in [9.17, 15) is 4.79 Å². The molecule has 2 heterocycles. The average Bonchev–Trinajstić information content (AvgIpc) is 2.70. The Labute approximate surface area is 83.9 Å². The van der Waals surface area contributed by atoms with Crippen LogP contribution in [0, 0.1) is 0 Å². The molecule has 1 saturated heterocycles. The number of allylic oxidation sites excluding steroid dienone is 1. The van der Waals surface area contributed by atoms with Gasteiger partial charge in [0.15, 0.2) is 6.29 Å². The third kappa shape index (κ3) is 1.70. The molecule has 1 amide bonds. The van der Waals surface area contributed by atoms with Gasteiger partial charge in [-0.1, -0.05) is 0 Å². The van der Waals surface area contributed by atoms with Crippen molar-refractivity contribution in [2.75, 3.05) is 13.1 Å². The van der Waals surface area contributed by atoms with Crippen molar-refractivity contribution in [2.24, 2.45) is 4.99 Å². The molecule has 0 spiro atoms. The van der Waals surface area contributed by atoms with E-state index in [2.05, 4.69) is 9.89 Å². The SMILES string of the molecule is CC(=O)N1C=CC=NC1N1CCCC1. The van der Waals surface area contributed by atoms with Crippen LogP contribution in [0.4, 0.5) is 0 Å². The number of hydrogen-bond donors (Lipinski definition) is 0. The Balaban J connectivity index is 2.11. The minimum Gasteiger partial charge on any atom is -0.283 e. The monoisotopic (exact) mass is 193 g/mol. The highest BCUT2D eigenvalue weighted by molar-refractivity contribution is 5.79.